The highest BCUT2D eigenvalue weighted by Gasteiger charge is 2.32. The van der Waals surface area contributed by atoms with Crippen molar-refractivity contribution in [1.82, 2.24) is 10.6 Å². The van der Waals surface area contributed by atoms with E-state index in [9.17, 15) is 14.7 Å². The van der Waals surface area contributed by atoms with E-state index in [1.807, 2.05) is 69.3 Å². The number of rotatable bonds is 9. The molecule has 0 aromatic heterocycles. The largest absolute Gasteiger partial charge is 0.449 e. The van der Waals surface area contributed by atoms with Gasteiger partial charge in [-0.1, -0.05) is 98.6 Å². The molecule has 0 bridgehead atoms. The molecule has 3 aromatic rings. The fourth-order valence-corrected chi connectivity index (χ4v) is 4.91. The number of hydrogen-bond acceptors (Lipinski definition) is 4. The first-order valence-corrected chi connectivity index (χ1v) is 13.0. The highest BCUT2D eigenvalue weighted by atomic mass is 16.5. The van der Waals surface area contributed by atoms with Crippen LogP contribution in [0.1, 0.15) is 61.5 Å². The van der Waals surface area contributed by atoms with Gasteiger partial charge in [-0.05, 0) is 47.6 Å². The molecule has 1 aliphatic carbocycles. The third kappa shape index (κ3) is 5.86. The summed E-state index contributed by atoms with van der Waals surface area (Å²) in [5.41, 5.74) is 6.40. The number of benzene rings is 3. The van der Waals surface area contributed by atoms with E-state index >= 15 is 0 Å². The van der Waals surface area contributed by atoms with Crippen molar-refractivity contribution < 1.29 is 19.4 Å². The maximum Gasteiger partial charge on any atom is 0.407 e. The van der Waals surface area contributed by atoms with E-state index in [1.165, 1.54) is 0 Å². The summed E-state index contributed by atoms with van der Waals surface area (Å²) in [6.45, 7) is 7.79. The zero-order chi connectivity index (χ0) is 26.5. The minimum atomic E-state index is -0.864. The summed E-state index contributed by atoms with van der Waals surface area (Å²) in [5, 5.41) is 16.4. The molecule has 0 unspecified atom stereocenters. The van der Waals surface area contributed by atoms with Crippen LogP contribution in [0, 0.1) is 12.8 Å². The Kier molecular flexibility index (Phi) is 8.29. The maximum atomic E-state index is 13.2. The van der Waals surface area contributed by atoms with E-state index in [0.29, 0.717) is 6.42 Å². The molecule has 0 spiro atoms. The van der Waals surface area contributed by atoms with E-state index in [0.717, 1.165) is 33.4 Å². The minimum Gasteiger partial charge on any atom is -0.449 e. The molecule has 3 aromatic carbocycles. The molecule has 4 atom stereocenters. The maximum absolute atomic E-state index is 13.2. The zero-order valence-electron chi connectivity index (χ0n) is 21.9. The van der Waals surface area contributed by atoms with Gasteiger partial charge in [-0.3, -0.25) is 4.79 Å². The second-order valence-electron chi connectivity index (χ2n) is 9.99. The van der Waals surface area contributed by atoms with Crippen LogP contribution in [-0.2, 0) is 9.53 Å². The van der Waals surface area contributed by atoms with Gasteiger partial charge >= 0.3 is 6.09 Å². The Morgan fingerprint density at radius 1 is 0.892 bits per heavy atom. The number of aliphatic hydroxyl groups excluding tert-OH is 1. The summed E-state index contributed by atoms with van der Waals surface area (Å²) in [4.78, 5) is 26.0. The molecule has 0 fully saturated rings. The Morgan fingerprint density at radius 3 is 2.03 bits per heavy atom. The van der Waals surface area contributed by atoms with Crippen LogP contribution in [0.2, 0.25) is 0 Å². The van der Waals surface area contributed by atoms with E-state index in [1.54, 1.807) is 6.92 Å². The summed E-state index contributed by atoms with van der Waals surface area (Å²) >= 11 is 0. The van der Waals surface area contributed by atoms with Crippen molar-refractivity contribution in [2.75, 3.05) is 6.61 Å². The highest BCUT2D eigenvalue weighted by Crippen LogP contribution is 2.44. The molecule has 37 heavy (non-hydrogen) atoms. The SMILES string of the molecule is CC[C@H](C)[C@H](NC(=O)OCC1c2ccccc2-c2ccccc21)C(=O)N[C@@H](C)[C@H](O)c1ccc(C)cc1. The molecular formula is C31H36N2O4. The topological polar surface area (TPSA) is 87.7 Å². The second-order valence-corrected chi connectivity index (χ2v) is 9.99. The number of carbonyl (C=O) groups excluding carboxylic acids is 2. The fraction of sp³-hybridized carbons (Fsp3) is 0.355. The molecular weight excluding hydrogens is 464 g/mol. The predicted octanol–water partition coefficient (Wildman–Crippen LogP) is 5.49. The number of nitrogens with one attached hydrogen (secondary N) is 2. The summed E-state index contributed by atoms with van der Waals surface area (Å²) in [5.74, 6) is -0.524. The highest BCUT2D eigenvalue weighted by molar-refractivity contribution is 5.86. The minimum absolute atomic E-state index is 0.0568. The predicted molar refractivity (Wildman–Crippen MR) is 145 cm³/mol. The Balaban J connectivity index is 1.39. The first-order chi connectivity index (χ1) is 17.8. The van der Waals surface area contributed by atoms with Gasteiger partial charge in [0.15, 0.2) is 0 Å². The molecule has 6 heteroatoms. The van der Waals surface area contributed by atoms with Gasteiger partial charge in [0.1, 0.15) is 12.6 Å². The number of ether oxygens (including phenoxy) is 1. The third-order valence-electron chi connectivity index (χ3n) is 7.37. The van der Waals surface area contributed by atoms with Crippen molar-refractivity contribution in [3.05, 3.63) is 95.1 Å². The molecule has 2 amide bonds. The number of aliphatic hydroxyl groups is 1. The van der Waals surface area contributed by atoms with Crippen LogP contribution in [0.25, 0.3) is 11.1 Å². The van der Waals surface area contributed by atoms with Crippen LogP contribution >= 0.6 is 0 Å². The molecule has 6 nitrogen and oxygen atoms in total. The lowest BCUT2D eigenvalue weighted by molar-refractivity contribution is -0.125. The van der Waals surface area contributed by atoms with Crippen molar-refractivity contribution in [3.8, 4) is 11.1 Å². The lowest BCUT2D eigenvalue weighted by atomic mass is 9.97. The summed E-state index contributed by atoms with van der Waals surface area (Å²) in [6.07, 6.45) is -0.804. The summed E-state index contributed by atoms with van der Waals surface area (Å²) in [7, 11) is 0. The van der Waals surface area contributed by atoms with E-state index in [2.05, 4.69) is 34.9 Å². The first kappa shape index (κ1) is 26.4. The standard InChI is InChI=1S/C31H36N2O4/c1-5-20(3)28(30(35)32-21(4)29(34)22-16-14-19(2)15-17-22)33-31(36)37-18-27-25-12-8-6-10-23(25)24-11-7-9-13-26(24)27/h6-17,20-21,27-29,34H,5,18H2,1-4H3,(H,32,35)(H,33,36)/t20-,21-,28-,29-/m0/s1. The van der Waals surface area contributed by atoms with Gasteiger partial charge in [-0.25, -0.2) is 4.79 Å². The van der Waals surface area contributed by atoms with Crippen LogP contribution in [0.4, 0.5) is 4.79 Å². The number of carbonyl (C=O) groups is 2. The van der Waals surface area contributed by atoms with Gasteiger partial charge < -0.3 is 20.5 Å². The summed E-state index contributed by atoms with van der Waals surface area (Å²) in [6, 6.07) is 22.5. The van der Waals surface area contributed by atoms with E-state index in [-0.39, 0.29) is 24.3 Å². The summed E-state index contributed by atoms with van der Waals surface area (Å²) < 4.78 is 5.67. The number of alkyl carbamates (subject to hydrolysis) is 1. The number of hydrogen-bond donors (Lipinski definition) is 3. The van der Waals surface area contributed by atoms with E-state index < -0.39 is 24.3 Å². The lowest BCUT2D eigenvalue weighted by Gasteiger charge is -2.27. The Hall–Kier alpha value is -3.64. The number of amides is 2. The first-order valence-electron chi connectivity index (χ1n) is 13.0. The second kappa shape index (κ2) is 11.6. The lowest BCUT2D eigenvalue weighted by Crippen LogP contribution is -2.53. The van der Waals surface area contributed by atoms with Gasteiger partial charge in [0.25, 0.3) is 0 Å². The Bertz CT molecular complexity index is 1190. The zero-order valence-corrected chi connectivity index (χ0v) is 21.9. The number of fused-ring (bicyclic) bond motifs is 3. The molecule has 0 saturated heterocycles. The normalized spacial score (nSPS) is 15.6. The molecule has 1 aliphatic rings. The fourth-order valence-electron chi connectivity index (χ4n) is 4.91. The van der Waals surface area contributed by atoms with Crippen molar-refractivity contribution >= 4 is 12.0 Å². The molecule has 0 aliphatic heterocycles. The van der Waals surface area contributed by atoms with Crippen molar-refractivity contribution in [2.45, 2.75) is 58.2 Å². The molecule has 0 radical (unpaired) electrons. The molecule has 0 heterocycles. The van der Waals surface area contributed by atoms with Gasteiger partial charge in [0.2, 0.25) is 5.91 Å². The van der Waals surface area contributed by atoms with Crippen molar-refractivity contribution in [1.29, 1.82) is 0 Å². The molecule has 194 valence electrons. The van der Waals surface area contributed by atoms with Gasteiger partial charge in [0.05, 0.1) is 12.1 Å². The monoisotopic (exact) mass is 500 g/mol. The van der Waals surface area contributed by atoms with Crippen LogP contribution in [0.5, 0.6) is 0 Å². The van der Waals surface area contributed by atoms with Crippen LogP contribution < -0.4 is 10.6 Å². The van der Waals surface area contributed by atoms with E-state index in [4.69, 9.17) is 4.74 Å². The van der Waals surface area contributed by atoms with Crippen molar-refractivity contribution in [2.24, 2.45) is 5.92 Å². The Labute approximate surface area is 219 Å². The van der Waals surface area contributed by atoms with Gasteiger partial charge in [0, 0.05) is 5.92 Å². The smallest absolute Gasteiger partial charge is 0.407 e. The van der Waals surface area contributed by atoms with Crippen LogP contribution in [-0.4, -0.2) is 35.8 Å². The van der Waals surface area contributed by atoms with Crippen molar-refractivity contribution in [3.63, 3.8) is 0 Å². The quantitative estimate of drug-likeness (QED) is 0.363. The molecule has 3 N–H and O–H groups in total. The Morgan fingerprint density at radius 2 is 1.46 bits per heavy atom. The average molecular weight is 501 g/mol. The molecule has 4 rings (SSSR count). The van der Waals surface area contributed by atoms with Gasteiger partial charge in [-0.15, -0.1) is 0 Å². The van der Waals surface area contributed by atoms with Crippen LogP contribution in [0.15, 0.2) is 72.8 Å². The van der Waals surface area contributed by atoms with Gasteiger partial charge in [-0.2, -0.15) is 0 Å². The average Bonchev–Trinajstić information content (AvgIpc) is 3.23. The number of aryl methyl sites for hydroxylation is 1. The molecule has 0 saturated carbocycles. The van der Waals surface area contributed by atoms with Crippen LogP contribution in [0.3, 0.4) is 0 Å². The third-order valence-corrected chi connectivity index (χ3v) is 7.37.